The average Bonchev–Trinajstić information content (AvgIpc) is 3.40. The summed E-state index contributed by atoms with van der Waals surface area (Å²) in [5, 5.41) is 3.05. The number of hydrogen-bond donors (Lipinski definition) is 1. The minimum atomic E-state index is -0.0591. The molecule has 2 fully saturated rings. The Morgan fingerprint density at radius 3 is 2.80 bits per heavy atom. The van der Waals surface area contributed by atoms with Gasteiger partial charge in [0, 0.05) is 51.5 Å². The molecular formula is C18H29N5O2. The van der Waals surface area contributed by atoms with Gasteiger partial charge in [0.15, 0.2) is 0 Å². The van der Waals surface area contributed by atoms with Crippen LogP contribution in [-0.4, -0.2) is 57.5 Å². The van der Waals surface area contributed by atoms with Gasteiger partial charge in [-0.05, 0) is 38.5 Å². The van der Waals surface area contributed by atoms with Crippen LogP contribution in [-0.2, 0) is 18.4 Å². The molecule has 1 saturated heterocycles. The van der Waals surface area contributed by atoms with Crippen LogP contribution in [0.15, 0.2) is 12.4 Å². The van der Waals surface area contributed by atoms with E-state index in [2.05, 4.69) is 10.3 Å². The molecule has 1 aromatic heterocycles. The second-order valence-electron chi connectivity index (χ2n) is 7.22. The SMILES string of the molecule is CCN(Cc1nccn1C)C(=O)NCC1CCCN(C(=O)C2CC2)C1. The number of aryl methyl sites for hydroxylation is 1. The van der Waals surface area contributed by atoms with E-state index >= 15 is 0 Å². The molecule has 1 aromatic rings. The van der Waals surface area contributed by atoms with E-state index in [9.17, 15) is 9.59 Å². The van der Waals surface area contributed by atoms with Gasteiger partial charge >= 0.3 is 6.03 Å². The van der Waals surface area contributed by atoms with Gasteiger partial charge in [0.1, 0.15) is 5.82 Å². The first-order valence-corrected chi connectivity index (χ1v) is 9.36. The second kappa shape index (κ2) is 7.89. The molecular weight excluding hydrogens is 318 g/mol. The Kier molecular flexibility index (Phi) is 5.60. The number of imidazole rings is 1. The van der Waals surface area contributed by atoms with Gasteiger partial charge in [0.2, 0.25) is 5.91 Å². The summed E-state index contributed by atoms with van der Waals surface area (Å²) in [4.78, 5) is 32.8. The van der Waals surface area contributed by atoms with Crippen LogP contribution in [0.1, 0.15) is 38.4 Å². The molecule has 1 saturated carbocycles. The highest BCUT2D eigenvalue weighted by Gasteiger charge is 2.35. The lowest BCUT2D eigenvalue weighted by Gasteiger charge is -2.33. The summed E-state index contributed by atoms with van der Waals surface area (Å²) >= 11 is 0. The fraction of sp³-hybridized carbons (Fsp3) is 0.722. The van der Waals surface area contributed by atoms with Gasteiger partial charge in [-0.15, -0.1) is 0 Å². The number of nitrogens with one attached hydrogen (secondary N) is 1. The van der Waals surface area contributed by atoms with E-state index in [0.717, 1.165) is 44.6 Å². The molecule has 1 aliphatic carbocycles. The normalized spacial score (nSPS) is 20.4. The third kappa shape index (κ3) is 4.52. The number of carbonyl (C=O) groups excluding carboxylic acids is 2. The number of likely N-dealkylation sites (tertiary alicyclic amines) is 1. The first-order chi connectivity index (χ1) is 12.1. The van der Waals surface area contributed by atoms with E-state index in [4.69, 9.17) is 0 Å². The standard InChI is InChI=1S/C18H29N5O2/c1-3-22(13-16-19-8-10-21(16)2)18(25)20-11-14-5-4-9-23(12-14)17(24)15-6-7-15/h8,10,14-15H,3-7,9,11-13H2,1-2H3,(H,20,25). The number of amides is 3. The molecule has 1 unspecified atom stereocenters. The lowest BCUT2D eigenvalue weighted by atomic mass is 9.97. The summed E-state index contributed by atoms with van der Waals surface area (Å²) < 4.78 is 1.93. The molecule has 0 bridgehead atoms. The van der Waals surface area contributed by atoms with Gasteiger partial charge in [0.25, 0.3) is 0 Å². The van der Waals surface area contributed by atoms with Gasteiger partial charge in [-0.3, -0.25) is 4.79 Å². The van der Waals surface area contributed by atoms with Gasteiger partial charge < -0.3 is 19.7 Å². The Labute approximate surface area is 149 Å². The molecule has 3 amide bonds. The lowest BCUT2D eigenvalue weighted by molar-refractivity contribution is -0.134. The van der Waals surface area contributed by atoms with Crippen molar-refractivity contribution in [2.45, 2.75) is 39.2 Å². The van der Waals surface area contributed by atoms with Gasteiger partial charge in [-0.2, -0.15) is 0 Å². The van der Waals surface area contributed by atoms with Crippen LogP contribution in [0.3, 0.4) is 0 Å². The maximum atomic E-state index is 12.5. The van der Waals surface area contributed by atoms with Crippen molar-refractivity contribution in [3.05, 3.63) is 18.2 Å². The number of rotatable bonds is 6. The predicted molar refractivity (Wildman–Crippen MR) is 94.7 cm³/mol. The molecule has 7 heteroatoms. The Bertz CT molecular complexity index is 610. The quantitative estimate of drug-likeness (QED) is 0.850. The average molecular weight is 347 g/mol. The van der Waals surface area contributed by atoms with E-state index < -0.39 is 0 Å². The summed E-state index contributed by atoms with van der Waals surface area (Å²) in [7, 11) is 1.93. The molecule has 7 nitrogen and oxygen atoms in total. The summed E-state index contributed by atoms with van der Waals surface area (Å²) in [6.45, 7) is 5.39. The predicted octanol–water partition coefficient (Wildman–Crippen LogP) is 1.60. The second-order valence-corrected chi connectivity index (χ2v) is 7.22. The van der Waals surface area contributed by atoms with Crippen LogP contribution in [0, 0.1) is 11.8 Å². The third-order valence-corrected chi connectivity index (χ3v) is 5.22. The molecule has 25 heavy (non-hydrogen) atoms. The van der Waals surface area contributed by atoms with Crippen molar-refractivity contribution >= 4 is 11.9 Å². The van der Waals surface area contributed by atoms with Crippen molar-refractivity contribution in [2.24, 2.45) is 18.9 Å². The summed E-state index contributed by atoms with van der Waals surface area (Å²) in [5.41, 5.74) is 0. The Morgan fingerprint density at radius 2 is 2.16 bits per heavy atom. The van der Waals surface area contributed by atoms with Crippen molar-refractivity contribution in [1.29, 1.82) is 0 Å². The zero-order valence-corrected chi connectivity index (χ0v) is 15.3. The van der Waals surface area contributed by atoms with E-state index in [1.165, 1.54) is 0 Å². The molecule has 1 aliphatic heterocycles. The maximum Gasteiger partial charge on any atom is 0.317 e. The van der Waals surface area contributed by atoms with E-state index in [1.54, 1.807) is 11.1 Å². The van der Waals surface area contributed by atoms with Crippen molar-refractivity contribution < 1.29 is 9.59 Å². The van der Waals surface area contributed by atoms with Crippen LogP contribution in [0.25, 0.3) is 0 Å². The number of urea groups is 1. The molecule has 0 radical (unpaired) electrons. The van der Waals surface area contributed by atoms with E-state index in [0.29, 0.717) is 31.5 Å². The van der Waals surface area contributed by atoms with E-state index in [1.807, 2.05) is 29.6 Å². The minimum Gasteiger partial charge on any atom is -0.342 e. The summed E-state index contributed by atoms with van der Waals surface area (Å²) in [5.74, 6) is 1.82. The number of hydrogen-bond acceptors (Lipinski definition) is 3. The molecule has 138 valence electrons. The van der Waals surface area contributed by atoms with Crippen LogP contribution in [0.5, 0.6) is 0 Å². The summed E-state index contributed by atoms with van der Waals surface area (Å²) in [6.07, 6.45) is 7.83. The minimum absolute atomic E-state index is 0.0591. The topological polar surface area (TPSA) is 70.5 Å². The highest BCUT2D eigenvalue weighted by molar-refractivity contribution is 5.81. The van der Waals surface area contributed by atoms with Gasteiger partial charge in [0.05, 0.1) is 6.54 Å². The monoisotopic (exact) mass is 347 g/mol. The third-order valence-electron chi connectivity index (χ3n) is 5.22. The Hall–Kier alpha value is -2.05. The van der Waals surface area contributed by atoms with Crippen LogP contribution in [0.4, 0.5) is 4.79 Å². The largest absolute Gasteiger partial charge is 0.342 e. The van der Waals surface area contributed by atoms with Crippen molar-refractivity contribution in [3.8, 4) is 0 Å². The molecule has 0 aromatic carbocycles. The molecule has 3 rings (SSSR count). The highest BCUT2D eigenvalue weighted by atomic mass is 16.2. The van der Waals surface area contributed by atoms with E-state index in [-0.39, 0.29) is 11.9 Å². The first-order valence-electron chi connectivity index (χ1n) is 9.36. The fourth-order valence-corrected chi connectivity index (χ4v) is 3.41. The lowest BCUT2D eigenvalue weighted by Crippen LogP contribution is -2.46. The Morgan fingerprint density at radius 1 is 1.36 bits per heavy atom. The van der Waals surface area contributed by atoms with Gasteiger partial charge in [-0.1, -0.05) is 0 Å². The number of aromatic nitrogens is 2. The highest BCUT2D eigenvalue weighted by Crippen LogP contribution is 2.32. The maximum absolute atomic E-state index is 12.5. The molecule has 1 N–H and O–H groups in total. The first kappa shape index (κ1) is 17.8. The van der Waals surface area contributed by atoms with Crippen molar-refractivity contribution in [1.82, 2.24) is 24.7 Å². The molecule has 1 atom stereocenters. The number of piperidine rings is 1. The molecule has 0 spiro atoms. The van der Waals surface area contributed by atoms with Crippen LogP contribution < -0.4 is 5.32 Å². The molecule has 2 aliphatic rings. The number of nitrogens with zero attached hydrogens (tertiary/aromatic N) is 4. The van der Waals surface area contributed by atoms with Gasteiger partial charge in [-0.25, -0.2) is 9.78 Å². The van der Waals surface area contributed by atoms with Crippen LogP contribution in [0.2, 0.25) is 0 Å². The zero-order chi connectivity index (χ0) is 17.8. The van der Waals surface area contributed by atoms with Crippen molar-refractivity contribution in [2.75, 3.05) is 26.2 Å². The van der Waals surface area contributed by atoms with Crippen molar-refractivity contribution in [3.63, 3.8) is 0 Å². The fourth-order valence-electron chi connectivity index (χ4n) is 3.41. The number of carbonyl (C=O) groups is 2. The zero-order valence-electron chi connectivity index (χ0n) is 15.3. The Balaban J connectivity index is 1.47. The summed E-state index contributed by atoms with van der Waals surface area (Å²) in [6, 6.07) is -0.0591. The van der Waals surface area contributed by atoms with Crippen LogP contribution >= 0.6 is 0 Å². The molecule has 2 heterocycles. The smallest absolute Gasteiger partial charge is 0.317 e.